The van der Waals surface area contributed by atoms with Gasteiger partial charge < -0.3 is 10.6 Å². The average molecular weight is 405 g/mol. The van der Waals surface area contributed by atoms with Gasteiger partial charge >= 0.3 is 0 Å². The third kappa shape index (κ3) is 10.6. The maximum atomic E-state index is 12.9. The van der Waals surface area contributed by atoms with Crippen LogP contribution in [-0.4, -0.2) is 51.6 Å². The van der Waals surface area contributed by atoms with Crippen LogP contribution in [-0.2, 0) is 10.0 Å². The SMILES string of the molecule is CCNC(=NCC(C)(C)NS(C)(=O)=O)NCCCSc1ccc(F)cc1. The Morgan fingerprint density at radius 2 is 1.88 bits per heavy atom. The van der Waals surface area contributed by atoms with Gasteiger partial charge in [0.05, 0.1) is 12.8 Å². The average Bonchev–Trinajstić information content (AvgIpc) is 2.51. The Morgan fingerprint density at radius 3 is 2.46 bits per heavy atom. The van der Waals surface area contributed by atoms with Gasteiger partial charge in [0.1, 0.15) is 5.82 Å². The number of thioether (sulfide) groups is 1. The van der Waals surface area contributed by atoms with Crippen molar-refractivity contribution < 1.29 is 12.8 Å². The predicted octanol–water partition coefficient (Wildman–Crippen LogP) is 2.19. The van der Waals surface area contributed by atoms with E-state index in [2.05, 4.69) is 20.3 Å². The number of hydrogen-bond acceptors (Lipinski definition) is 4. The molecule has 0 radical (unpaired) electrons. The van der Waals surface area contributed by atoms with E-state index in [0.717, 1.165) is 36.4 Å². The normalized spacial score (nSPS) is 12.9. The minimum absolute atomic E-state index is 0.226. The highest BCUT2D eigenvalue weighted by molar-refractivity contribution is 7.99. The van der Waals surface area contributed by atoms with Crippen molar-refractivity contribution in [3.63, 3.8) is 0 Å². The highest BCUT2D eigenvalue weighted by Crippen LogP contribution is 2.18. The molecule has 9 heteroatoms. The fourth-order valence-electron chi connectivity index (χ4n) is 2.15. The number of guanidine groups is 1. The van der Waals surface area contributed by atoms with Gasteiger partial charge in [-0.3, -0.25) is 4.99 Å². The molecule has 0 atom stereocenters. The first-order chi connectivity index (χ1) is 12.1. The van der Waals surface area contributed by atoms with E-state index in [1.54, 1.807) is 37.7 Å². The molecule has 26 heavy (non-hydrogen) atoms. The Kier molecular flexibility index (Phi) is 9.38. The second-order valence-electron chi connectivity index (χ2n) is 6.54. The van der Waals surface area contributed by atoms with Crippen LogP contribution in [0.15, 0.2) is 34.2 Å². The van der Waals surface area contributed by atoms with Gasteiger partial charge in [0.25, 0.3) is 0 Å². The number of nitrogens with one attached hydrogen (secondary N) is 3. The second kappa shape index (κ2) is 10.7. The van der Waals surface area contributed by atoms with Crippen LogP contribution in [0.25, 0.3) is 0 Å². The Hall–Kier alpha value is -1.32. The Morgan fingerprint density at radius 1 is 1.23 bits per heavy atom. The van der Waals surface area contributed by atoms with Crippen LogP contribution in [0.2, 0.25) is 0 Å². The Labute approximate surface area is 160 Å². The Balaban J connectivity index is 2.40. The lowest BCUT2D eigenvalue weighted by Crippen LogP contribution is -2.46. The topological polar surface area (TPSA) is 82.6 Å². The lowest BCUT2D eigenvalue weighted by atomic mass is 10.1. The molecule has 1 aromatic carbocycles. The smallest absolute Gasteiger partial charge is 0.209 e. The van der Waals surface area contributed by atoms with Crippen LogP contribution in [0.4, 0.5) is 4.39 Å². The molecule has 0 unspecified atom stereocenters. The minimum atomic E-state index is -3.28. The lowest BCUT2D eigenvalue weighted by Gasteiger charge is -2.23. The summed E-state index contributed by atoms with van der Waals surface area (Å²) < 4.78 is 38.2. The van der Waals surface area contributed by atoms with Crippen LogP contribution in [0.3, 0.4) is 0 Å². The molecule has 0 heterocycles. The summed E-state index contributed by atoms with van der Waals surface area (Å²) in [5.74, 6) is 1.33. The molecule has 148 valence electrons. The van der Waals surface area contributed by atoms with Gasteiger partial charge in [0, 0.05) is 23.5 Å². The summed E-state index contributed by atoms with van der Waals surface area (Å²) >= 11 is 1.67. The van der Waals surface area contributed by atoms with Gasteiger partial charge in [-0.05, 0) is 57.2 Å². The highest BCUT2D eigenvalue weighted by atomic mass is 32.2. The molecular weight excluding hydrogens is 375 g/mol. The number of aliphatic imine (C=N–C) groups is 1. The van der Waals surface area contributed by atoms with Crippen LogP contribution in [0.1, 0.15) is 27.2 Å². The number of benzene rings is 1. The quantitative estimate of drug-likeness (QED) is 0.241. The zero-order chi connectivity index (χ0) is 19.6. The summed E-state index contributed by atoms with van der Waals surface area (Å²) in [5, 5.41) is 6.39. The van der Waals surface area contributed by atoms with E-state index >= 15 is 0 Å². The van der Waals surface area contributed by atoms with Gasteiger partial charge in [0.2, 0.25) is 10.0 Å². The molecule has 0 aliphatic carbocycles. The molecule has 0 spiro atoms. The van der Waals surface area contributed by atoms with E-state index in [0.29, 0.717) is 12.5 Å². The molecule has 0 aliphatic heterocycles. The van der Waals surface area contributed by atoms with Gasteiger partial charge in [-0.1, -0.05) is 0 Å². The first-order valence-corrected chi connectivity index (χ1v) is 11.4. The van der Waals surface area contributed by atoms with Crippen molar-refractivity contribution in [1.82, 2.24) is 15.4 Å². The first-order valence-electron chi connectivity index (χ1n) is 8.51. The first kappa shape index (κ1) is 22.7. The van der Waals surface area contributed by atoms with Gasteiger partial charge in [-0.2, -0.15) is 0 Å². The fraction of sp³-hybridized carbons (Fsp3) is 0.588. The number of hydrogen-bond donors (Lipinski definition) is 3. The molecule has 1 aromatic rings. The highest BCUT2D eigenvalue weighted by Gasteiger charge is 2.21. The third-order valence-electron chi connectivity index (χ3n) is 3.13. The van der Waals surface area contributed by atoms with E-state index < -0.39 is 15.6 Å². The van der Waals surface area contributed by atoms with E-state index in [1.807, 2.05) is 6.92 Å². The van der Waals surface area contributed by atoms with Crippen molar-refractivity contribution in [3.05, 3.63) is 30.1 Å². The zero-order valence-electron chi connectivity index (χ0n) is 15.8. The van der Waals surface area contributed by atoms with Crippen LogP contribution >= 0.6 is 11.8 Å². The summed E-state index contributed by atoms with van der Waals surface area (Å²) in [5.41, 5.74) is -0.658. The van der Waals surface area contributed by atoms with Crippen LogP contribution in [0, 0.1) is 5.82 Å². The maximum Gasteiger partial charge on any atom is 0.209 e. The maximum absolute atomic E-state index is 12.9. The van der Waals surface area contributed by atoms with Crippen molar-refractivity contribution in [1.29, 1.82) is 0 Å². The van der Waals surface area contributed by atoms with E-state index in [-0.39, 0.29) is 5.82 Å². The van der Waals surface area contributed by atoms with Crippen molar-refractivity contribution >= 4 is 27.7 Å². The number of rotatable bonds is 10. The fourth-order valence-corrected chi connectivity index (χ4v) is 4.07. The van der Waals surface area contributed by atoms with Crippen molar-refractivity contribution in [3.8, 4) is 0 Å². The van der Waals surface area contributed by atoms with Crippen molar-refractivity contribution in [2.24, 2.45) is 4.99 Å². The minimum Gasteiger partial charge on any atom is -0.357 e. The van der Waals surface area contributed by atoms with Crippen LogP contribution in [0.5, 0.6) is 0 Å². The third-order valence-corrected chi connectivity index (χ3v) is 5.16. The standard InChI is InChI=1S/C17H29FN4O2S2/c1-5-19-16(21-13-17(2,3)22-26(4,23)24)20-11-6-12-25-15-9-7-14(18)8-10-15/h7-10,22H,5-6,11-13H2,1-4H3,(H2,19,20,21). The van der Waals surface area contributed by atoms with Gasteiger partial charge in [-0.15, -0.1) is 11.8 Å². The monoisotopic (exact) mass is 404 g/mol. The molecule has 0 saturated carbocycles. The predicted molar refractivity (Wildman–Crippen MR) is 108 cm³/mol. The summed E-state index contributed by atoms with van der Waals surface area (Å²) in [6, 6.07) is 6.47. The molecule has 0 aliphatic rings. The summed E-state index contributed by atoms with van der Waals surface area (Å²) in [7, 11) is -3.28. The van der Waals surface area contributed by atoms with Gasteiger partial charge in [0.15, 0.2) is 5.96 Å². The molecular formula is C17H29FN4O2S2. The molecule has 6 nitrogen and oxygen atoms in total. The summed E-state index contributed by atoms with van der Waals surface area (Å²) in [6.07, 6.45) is 2.05. The van der Waals surface area contributed by atoms with E-state index in [9.17, 15) is 12.8 Å². The van der Waals surface area contributed by atoms with E-state index in [4.69, 9.17) is 0 Å². The number of halogens is 1. The number of nitrogens with zero attached hydrogens (tertiary/aromatic N) is 1. The molecule has 0 aromatic heterocycles. The molecule has 1 rings (SSSR count). The second-order valence-corrected chi connectivity index (χ2v) is 9.45. The molecule has 0 saturated heterocycles. The Bertz CT molecular complexity index is 677. The largest absolute Gasteiger partial charge is 0.357 e. The van der Waals surface area contributed by atoms with Crippen LogP contribution < -0.4 is 15.4 Å². The number of sulfonamides is 1. The summed E-state index contributed by atoms with van der Waals surface area (Å²) in [6.45, 7) is 7.33. The van der Waals surface area contributed by atoms with Crippen molar-refractivity contribution in [2.45, 2.75) is 37.6 Å². The van der Waals surface area contributed by atoms with Crippen molar-refractivity contribution in [2.75, 3.05) is 31.6 Å². The van der Waals surface area contributed by atoms with Gasteiger partial charge in [-0.25, -0.2) is 17.5 Å². The van der Waals surface area contributed by atoms with E-state index in [1.165, 1.54) is 12.1 Å². The lowest BCUT2D eigenvalue weighted by molar-refractivity contribution is 0.464. The zero-order valence-corrected chi connectivity index (χ0v) is 17.4. The summed E-state index contributed by atoms with van der Waals surface area (Å²) in [4.78, 5) is 5.50. The molecule has 3 N–H and O–H groups in total. The molecule has 0 fully saturated rings. The molecule has 0 bridgehead atoms. The molecule has 0 amide bonds.